The number of benzene rings is 2. The van der Waals surface area contributed by atoms with Gasteiger partial charge in [-0.2, -0.15) is 5.26 Å². The third kappa shape index (κ3) is 4.54. The number of rotatable bonds is 6. The molecule has 4 aromatic rings. The monoisotopic (exact) mass is 407 g/mol. The third-order valence-electron chi connectivity index (χ3n) is 4.99. The topological polar surface area (TPSA) is 67.9 Å². The quantitative estimate of drug-likeness (QED) is 0.406. The minimum Gasteiger partial charge on any atom is -0.462 e. The van der Waals surface area contributed by atoms with Crippen LogP contribution in [-0.2, 0) is 11.3 Å². The molecule has 0 atom stereocenters. The molecule has 2 aromatic carbocycles. The fourth-order valence-corrected chi connectivity index (χ4v) is 3.53. The summed E-state index contributed by atoms with van der Waals surface area (Å²) in [6.45, 7) is 2.66. The molecule has 4 rings (SSSR count). The normalized spacial score (nSPS) is 10.5. The summed E-state index contributed by atoms with van der Waals surface area (Å²) >= 11 is 0. The van der Waals surface area contributed by atoms with Crippen molar-refractivity contribution in [1.29, 1.82) is 5.26 Å². The van der Waals surface area contributed by atoms with E-state index < -0.39 is 0 Å². The first-order valence-corrected chi connectivity index (χ1v) is 10.0. The van der Waals surface area contributed by atoms with Crippen LogP contribution >= 0.6 is 0 Å². The first-order chi connectivity index (χ1) is 15.2. The molecule has 0 radical (unpaired) electrons. The highest BCUT2D eigenvalue weighted by molar-refractivity contribution is 5.97. The molecular formula is C26H21N3O2. The maximum atomic E-state index is 12.6. The van der Waals surface area contributed by atoms with Gasteiger partial charge in [-0.25, -0.2) is 4.79 Å². The van der Waals surface area contributed by atoms with E-state index in [1.807, 2.05) is 71.6 Å². The molecule has 0 amide bonds. The van der Waals surface area contributed by atoms with Crippen LogP contribution in [0.15, 0.2) is 85.5 Å². The third-order valence-corrected chi connectivity index (χ3v) is 4.99. The summed E-state index contributed by atoms with van der Waals surface area (Å²) in [7, 11) is 0. The van der Waals surface area contributed by atoms with Crippen LogP contribution < -0.4 is 0 Å². The summed E-state index contributed by atoms with van der Waals surface area (Å²) in [4.78, 5) is 16.8. The fraction of sp³-hybridized carbons (Fsp3) is 0.115. The van der Waals surface area contributed by atoms with E-state index in [1.165, 1.54) is 0 Å². The van der Waals surface area contributed by atoms with Crippen molar-refractivity contribution in [1.82, 2.24) is 9.55 Å². The second-order valence-electron chi connectivity index (χ2n) is 7.11. The van der Waals surface area contributed by atoms with Gasteiger partial charge in [0.25, 0.3) is 0 Å². The first-order valence-electron chi connectivity index (χ1n) is 10.0. The lowest BCUT2D eigenvalue weighted by molar-refractivity contribution is 0.0527. The average molecular weight is 407 g/mol. The largest absolute Gasteiger partial charge is 0.462 e. The SMILES string of the molecule is CCOC(=O)c1cn(Cc2cccc(C#N)c2)cc1-c1ccc(-c2cccnc2)cc1. The summed E-state index contributed by atoms with van der Waals surface area (Å²) in [6, 6.07) is 21.6. The van der Waals surface area contributed by atoms with Crippen LogP contribution in [0.3, 0.4) is 0 Å². The summed E-state index contributed by atoms with van der Waals surface area (Å²) in [5, 5.41) is 9.14. The lowest BCUT2D eigenvalue weighted by Gasteiger charge is -2.06. The molecule has 0 spiro atoms. The van der Waals surface area contributed by atoms with Gasteiger partial charge in [0.15, 0.2) is 0 Å². The Labute approximate surface area is 181 Å². The molecule has 2 aromatic heterocycles. The van der Waals surface area contributed by atoms with E-state index in [2.05, 4.69) is 11.1 Å². The minimum absolute atomic E-state index is 0.313. The molecule has 0 saturated carbocycles. The summed E-state index contributed by atoms with van der Waals surface area (Å²) in [6.07, 6.45) is 7.33. The highest BCUT2D eigenvalue weighted by Crippen LogP contribution is 2.29. The van der Waals surface area contributed by atoms with Gasteiger partial charge in [-0.15, -0.1) is 0 Å². The van der Waals surface area contributed by atoms with Crippen molar-refractivity contribution in [2.24, 2.45) is 0 Å². The Morgan fingerprint density at radius 2 is 1.84 bits per heavy atom. The van der Waals surface area contributed by atoms with Crippen molar-refractivity contribution in [3.8, 4) is 28.3 Å². The molecule has 5 heteroatoms. The molecule has 5 nitrogen and oxygen atoms in total. The van der Waals surface area contributed by atoms with Crippen molar-refractivity contribution in [2.75, 3.05) is 6.61 Å². The average Bonchev–Trinajstić information content (AvgIpc) is 3.24. The van der Waals surface area contributed by atoms with Gasteiger partial charge in [0.1, 0.15) is 0 Å². The predicted octanol–water partition coefficient (Wildman–Crippen LogP) is 5.31. The Bertz CT molecular complexity index is 1240. The second kappa shape index (κ2) is 9.10. The van der Waals surface area contributed by atoms with Crippen LogP contribution in [0.1, 0.15) is 28.4 Å². The van der Waals surface area contributed by atoms with E-state index in [4.69, 9.17) is 10.00 Å². The Kier molecular flexibility index (Phi) is 5.91. The maximum Gasteiger partial charge on any atom is 0.340 e. The van der Waals surface area contributed by atoms with Crippen LogP contribution in [0.4, 0.5) is 0 Å². The van der Waals surface area contributed by atoms with E-state index in [0.717, 1.165) is 27.8 Å². The summed E-state index contributed by atoms with van der Waals surface area (Å²) in [5.74, 6) is -0.349. The Morgan fingerprint density at radius 3 is 2.55 bits per heavy atom. The van der Waals surface area contributed by atoms with Gasteiger partial charge in [-0.3, -0.25) is 4.98 Å². The van der Waals surface area contributed by atoms with E-state index in [0.29, 0.717) is 24.3 Å². The lowest BCUT2D eigenvalue weighted by atomic mass is 10.0. The number of carbonyl (C=O) groups excluding carboxylic acids is 1. The van der Waals surface area contributed by atoms with Crippen molar-refractivity contribution in [2.45, 2.75) is 13.5 Å². The molecule has 31 heavy (non-hydrogen) atoms. The van der Waals surface area contributed by atoms with Crippen molar-refractivity contribution in [3.05, 3.63) is 102 Å². The Hall–Kier alpha value is -4.17. The molecule has 0 aliphatic heterocycles. The van der Waals surface area contributed by atoms with Crippen molar-refractivity contribution < 1.29 is 9.53 Å². The van der Waals surface area contributed by atoms with E-state index in [9.17, 15) is 4.79 Å². The summed E-state index contributed by atoms with van der Waals surface area (Å²) < 4.78 is 7.23. The van der Waals surface area contributed by atoms with Gasteiger partial charge in [-0.05, 0) is 47.4 Å². The number of aromatic nitrogens is 2. The zero-order chi connectivity index (χ0) is 21.6. The molecule has 0 aliphatic carbocycles. The fourth-order valence-electron chi connectivity index (χ4n) is 3.53. The van der Waals surface area contributed by atoms with E-state index in [1.54, 1.807) is 25.4 Å². The smallest absolute Gasteiger partial charge is 0.340 e. The zero-order valence-electron chi connectivity index (χ0n) is 17.2. The Balaban J connectivity index is 1.68. The molecule has 0 fully saturated rings. The molecule has 0 unspecified atom stereocenters. The van der Waals surface area contributed by atoms with Gasteiger partial charge >= 0.3 is 5.97 Å². The molecule has 0 saturated heterocycles. The number of carbonyl (C=O) groups is 1. The standard InChI is InChI=1S/C26H21N3O2/c1-2-31-26(30)25-18-29(16-20-6-3-5-19(13-20)14-27)17-24(25)22-10-8-21(9-11-22)23-7-4-12-28-15-23/h3-13,15,17-18H,2,16H2,1H3. The highest BCUT2D eigenvalue weighted by Gasteiger charge is 2.17. The van der Waals surface area contributed by atoms with Crippen LogP contribution in [0.2, 0.25) is 0 Å². The lowest BCUT2D eigenvalue weighted by Crippen LogP contribution is -2.05. The summed E-state index contributed by atoms with van der Waals surface area (Å²) in [5.41, 5.74) is 5.96. The van der Waals surface area contributed by atoms with Gasteiger partial charge in [0, 0.05) is 36.9 Å². The minimum atomic E-state index is -0.349. The number of hydrogen-bond donors (Lipinski definition) is 0. The van der Waals surface area contributed by atoms with Gasteiger partial charge in [0.05, 0.1) is 23.8 Å². The van der Waals surface area contributed by atoms with Gasteiger partial charge in [0.2, 0.25) is 0 Å². The van der Waals surface area contributed by atoms with Crippen molar-refractivity contribution >= 4 is 5.97 Å². The highest BCUT2D eigenvalue weighted by atomic mass is 16.5. The van der Waals surface area contributed by atoms with Gasteiger partial charge in [-0.1, -0.05) is 42.5 Å². The number of ether oxygens (including phenoxy) is 1. The maximum absolute atomic E-state index is 12.6. The van der Waals surface area contributed by atoms with Gasteiger partial charge < -0.3 is 9.30 Å². The van der Waals surface area contributed by atoms with Crippen LogP contribution in [0, 0.1) is 11.3 Å². The molecule has 0 N–H and O–H groups in total. The van der Waals surface area contributed by atoms with Crippen LogP contribution in [-0.4, -0.2) is 22.1 Å². The van der Waals surface area contributed by atoms with E-state index in [-0.39, 0.29) is 5.97 Å². The number of nitrogens with zero attached hydrogens (tertiary/aromatic N) is 3. The predicted molar refractivity (Wildman–Crippen MR) is 119 cm³/mol. The molecule has 0 aliphatic rings. The molecule has 0 bridgehead atoms. The molecular weight excluding hydrogens is 386 g/mol. The molecule has 2 heterocycles. The number of hydrogen-bond acceptors (Lipinski definition) is 4. The second-order valence-corrected chi connectivity index (χ2v) is 7.11. The van der Waals surface area contributed by atoms with Crippen LogP contribution in [0.25, 0.3) is 22.3 Å². The number of pyridine rings is 1. The van der Waals surface area contributed by atoms with Crippen LogP contribution in [0.5, 0.6) is 0 Å². The number of esters is 1. The molecule has 152 valence electrons. The Morgan fingerprint density at radius 1 is 1.03 bits per heavy atom. The van der Waals surface area contributed by atoms with Crippen molar-refractivity contribution in [3.63, 3.8) is 0 Å². The zero-order valence-corrected chi connectivity index (χ0v) is 17.2. The van der Waals surface area contributed by atoms with E-state index >= 15 is 0 Å². The number of nitriles is 1. The first kappa shape index (κ1) is 20.1.